The zero-order valence-corrected chi connectivity index (χ0v) is 22.9. The molecule has 7 nitrogen and oxygen atoms in total. The second kappa shape index (κ2) is 13.7. The number of benzene rings is 2. The highest BCUT2D eigenvalue weighted by Crippen LogP contribution is 2.32. The maximum absolute atomic E-state index is 12.2. The second-order valence-corrected chi connectivity index (χ2v) is 9.77. The van der Waals surface area contributed by atoms with Gasteiger partial charge in [-0.15, -0.1) is 0 Å². The van der Waals surface area contributed by atoms with Crippen LogP contribution in [0.3, 0.4) is 0 Å². The molecule has 11 heteroatoms. The van der Waals surface area contributed by atoms with Crippen molar-refractivity contribution in [1.29, 1.82) is 0 Å². The Kier molecular flexibility index (Phi) is 11.4. The second-order valence-electron chi connectivity index (χ2n) is 7.66. The number of thiocarbonyl (C=S) groups is 1. The van der Waals surface area contributed by atoms with E-state index >= 15 is 0 Å². The normalized spacial score (nSPS) is 10.6. The van der Waals surface area contributed by atoms with Gasteiger partial charge in [0.25, 0.3) is 5.91 Å². The highest BCUT2D eigenvalue weighted by atomic mass is 79.9. The molecule has 0 atom stereocenters. The van der Waals surface area contributed by atoms with Crippen LogP contribution in [0.1, 0.15) is 43.7 Å². The summed E-state index contributed by atoms with van der Waals surface area (Å²) in [4.78, 5) is 24.1. The van der Waals surface area contributed by atoms with Gasteiger partial charge in [-0.25, -0.2) is 0 Å². The molecule has 2 rings (SSSR count). The fourth-order valence-corrected chi connectivity index (χ4v) is 3.77. The Morgan fingerprint density at radius 3 is 2.47 bits per heavy atom. The lowest BCUT2D eigenvalue weighted by Crippen LogP contribution is -2.49. The third-order valence-electron chi connectivity index (χ3n) is 4.54. The van der Waals surface area contributed by atoms with Crippen molar-refractivity contribution in [2.24, 2.45) is 0 Å². The van der Waals surface area contributed by atoms with E-state index in [2.05, 4.69) is 32.1 Å². The average Bonchev–Trinajstić information content (AvgIpc) is 2.76. The minimum absolute atomic E-state index is 0.0396. The van der Waals surface area contributed by atoms with Crippen LogP contribution in [0.5, 0.6) is 11.5 Å². The van der Waals surface area contributed by atoms with Crippen molar-refractivity contribution in [2.75, 3.05) is 13.2 Å². The molecule has 0 saturated carbocycles. The summed E-state index contributed by atoms with van der Waals surface area (Å²) in [7, 11) is 0. The number of nitrogens with one attached hydrogen (secondary N) is 3. The molecule has 34 heavy (non-hydrogen) atoms. The molecular weight excluding hydrogens is 565 g/mol. The largest absolute Gasteiger partial charge is 0.492 e. The van der Waals surface area contributed by atoms with Crippen molar-refractivity contribution >= 4 is 68.3 Å². The SMILES string of the molecule is Cc1cc(OCC(=O)NC(=S)NNC(=O)CCCOc2ccc(Cl)cc2Cl)c(C(C)C)cc1Br. The molecule has 3 N–H and O–H groups in total. The van der Waals surface area contributed by atoms with Gasteiger partial charge in [0.2, 0.25) is 5.91 Å². The number of halogens is 3. The fraction of sp³-hybridized carbons (Fsp3) is 0.348. The lowest BCUT2D eigenvalue weighted by molar-refractivity contribution is -0.123. The lowest BCUT2D eigenvalue weighted by Gasteiger charge is -2.16. The zero-order valence-electron chi connectivity index (χ0n) is 19.0. The number of ether oxygens (including phenoxy) is 2. The quantitative estimate of drug-likeness (QED) is 0.204. The molecule has 0 aliphatic rings. The number of amides is 2. The van der Waals surface area contributed by atoms with Crippen LogP contribution >= 0.6 is 51.3 Å². The van der Waals surface area contributed by atoms with Crippen LogP contribution in [0.2, 0.25) is 10.0 Å². The molecule has 0 saturated heterocycles. The topological polar surface area (TPSA) is 88.7 Å². The summed E-state index contributed by atoms with van der Waals surface area (Å²) in [6, 6.07) is 8.79. The molecule has 0 aliphatic heterocycles. The van der Waals surface area contributed by atoms with Gasteiger partial charge in [0.05, 0.1) is 11.6 Å². The Balaban J connectivity index is 1.68. The first-order valence-corrected chi connectivity index (χ1v) is 12.4. The number of carbonyl (C=O) groups is 2. The summed E-state index contributed by atoms with van der Waals surface area (Å²) in [5.74, 6) is 0.594. The lowest BCUT2D eigenvalue weighted by atomic mass is 10.0. The molecule has 2 aromatic rings. The van der Waals surface area contributed by atoms with Crippen molar-refractivity contribution in [2.45, 2.75) is 39.5 Å². The van der Waals surface area contributed by atoms with Crippen molar-refractivity contribution in [3.05, 3.63) is 56.0 Å². The van der Waals surface area contributed by atoms with Gasteiger partial charge in [-0.2, -0.15) is 0 Å². The first kappa shape index (κ1) is 28.2. The molecule has 2 amide bonds. The van der Waals surface area contributed by atoms with Crippen molar-refractivity contribution in [3.8, 4) is 11.5 Å². The van der Waals surface area contributed by atoms with Crippen molar-refractivity contribution < 1.29 is 19.1 Å². The van der Waals surface area contributed by atoms with E-state index in [0.29, 0.717) is 34.6 Å². The third kappa shape index (κ3) is 9.29. The predicted octanol–water partition coefficient (Wildman–Crippen LogP) is 5.45. The summed E-state index contributed by atoms with van der Waals surface area (Å²) in [6.45, 7) is 6.11. The van der Waals surface area contributed by atoms with E-state index in [9.17, 15) is 9.59 Å². The standard InChI is InChI=1S/C23H26BrCl2N3O4S/c1-13(2)16-11-17(24)14(3)9-20(16)33-12-22(31)27-23(34)29-28-21(30)5-4-8-32-19-7-6-15(25)10-18(19)26/h6-7,9-11,13H,4-5,8,12H2,1-3H3,(H,28,30)(H2,27,29,31,34). The molecule has 0 radical (unpaired) electrons. The van der Waals surface area contributed by atoms with E-state index in [0.717, 1.165) is 15.6 Å². The summed E-state index contributed by atoms with van der Waals surface area (Å²) in [5.41, 5.74) is 6.91. The van der Waals surface area contributed by atoms with E-state index in [1.807, 2.05) is 32.9 Å². The Hall–Kier alpha value is -2.07. The maximum atomic E-state index is 12.2. The number of hydrogen-bond donors (Lipinski definition) is 3. The van der Waals surface area contributed by atoms with Crippen LogP contribution in [-0.4, -0.2) is 30.1 Å². The molecule has 0 spiro atoms. The number of hydrazine groups is 1. The average molecular weight is 591 g/mol. The predicted molar refractivity (Wildman–Crippen MR) is 142 cm³/mol. The summed E-state index contributed by atoms with van der Waals surface area (Å²) >= 11 is 20.4. The van der Waals surface area contributed by atoms with Gasteiger partial charge in [0, 0.05) is 15.9 Å². The van der Waals surface area contributed by atoms with Gasteiger partial charge in [-0.05, 0) is 72.9 Å². The van der Waals surface area contributed by atoms with Crippen LogP contribution in [0, 0.1) is 6.92 Å². The number of carbonyl (C=O) groups excluding carboxylic acids is 2. The molecule has 184 valence electrons. The van der Waals surface area contributed by atoms with E-state index in [1.54, 1.807) is 18.2 Å². The summed E-state index contributed by atoms with van der Waals surface area (Å²) < 4.78 is 12.2. The summed E-state index contributed by atoms with van der Waals surface area (Å²) in [5, 5.41) is 3.34. The van der Waals surface area contributed by atoms with Crippen LogP contribution in [0.4, 0.5) is 0 Å². The molecule has 0 aliphatic carbocycles. The van der Waals surface area contributed by atoms with E-state index in [1.165, 1.54) is 0 Å². The van der Waals surface area contributed by atoms with Gasteiger partial charge in [-0.3, -0.25) is 25.8 Å². The molecular formula is C23H26BrCl2N3O4S. The monoisotopic (exact) mass is 589 g/mol. The number of rotatable bonds is 9. The first-order chi connectivity index (χ1) is 16.1. The van der Waals surface area contributed by atoms with Crippen LogP contribution in [0.15, 0.2) is 34.8 Å². The number of hydrogen-bond acceptors (Lipinski definition) is 5. The van der Waals surface area contributed by atoms with E-state index in [4.69, 9.17) is 44.9 Å². The Morgan fingerprint density at radius 1 is 1.06 bits per heavy atom. The molecule has 0 unspecified atom stereocenters. The smallest absolute Gasteiger partial charge is 0.264 e. The van der Waals surface area contributed by atoms with Gasteiger partial charge in [0.15, 0.2) is 11.7 Å². The molecule has 2 aromatic carbocycles. The maximum Gasteiger partial charge on any atom is 0.264 e. The molecule has 0 fully saturated rings. The molecule has 0 bridgehead atoms. The Labute approximate surface area is 223 Å². The molecule has 0 heterocycles. The highest BCUT2D eigenvalue weighted by molar-refractivity contribution is 9.10. The summed E-state index contributed by atoms with van der Waals surface area (Å²) in [6.07, 6.45) is 0.628. The third-order valence-corrected chi connectivity index (χ3v) is 6.13. The van der Waals surface area contributed by atoms with Crippen LogP contribution in [-0.2, 0) is 9.59 Å². The van der Waals surface area contributed by atoms with E-state index < -0.39 is 5.91 Å². The molecule has 0 aromatic heterocycles. The zero-order chi connectivity index (χ0) is 25.3. The van der Waals surface area contributed by atoms with Crippen LogP contribution in [0.25, 0.3) is 0 Å². The van der Waals surface area contributed by atoms with Crippen molar-refractivity contribution in [1.82, 2.24) is 16.2 Å². The van der Waals surface area contributed by atoms with Gasteiger partial charge < -0.3 is 9.47 Å². The highest BCUT2D eigenvalue weighted by Gasteiger charge is 2.13. The number of aryl methyl sites for hydroxylation is 1. The van der Waals surface area contributed by atoms with Gasteiger partial charge in [0.1, 0.15) is 11.5 Å². The van der Waals surface area contributed by atoms with Crippen molar-refractivity contribution in [3.63, 3.8) is 0 Å². The van der Waals surface area contributed by atoms with Crippen LogP contribution < -0.4 is 25.6 Å². The van der Waals surface area contributed by atoms with Gasteiger partial charge in [-0.1, -0.05) is 53.0 Å². The van der Waals surface area contributed by atoms with E-state index in [-0.39, 0.29) is 30.0 Å². The Bertz CT molecular complexity index is 1050. The first-order valence-electron chi connectivity index (χ1n) is 10.5. The van der Waals surface area contributed by atoms with Gasteiger partial charge >= 0.3 is 0 Å². The fourth-order valence-electron chi connectivity index (χ4n) is 2.78. The minimum Gasteiger partial charge on any atom is -0.492 e. The minimum atomic E-state index is -0.449. The Morgan fingerprint density at radius 2 is 1.79 bits per heavy atom.